The zero-order valence-corrected chi connectivity index (χ0v) is 10.6. The van der Waals surface area contributed by atoms with E-state index < -0.39 is 11.9 Å². The molecule has 1 rings (SSSR count). The van der Waals surface area contributed by atoms with Crippen molar-refractivity contribution < 1.29 is 19.1 Å². The number of anilines is 1. The summed E-state index contributed by atoms with van der Waals surface area (Å²) in [6, 6.07) is 3.47. The van der Waals surface area contributed by atoms with Gasteiger partial charge in [-0.1, -0.05) is 0 Å². The van der Waals surface area contributed by atoms with E-state index in [1.807, 2.05) is 6.07 Å². The van der Waals surface area contributed by atoms with Crippen molar-refractivity contribution in [1.82, 2.24) is 4.98 Å². The van der Waals surface area contributed by atoms with Gasteiger partial charge in [-0.05, 0) is 6.07 Å². The van der Waals surface area contributed by atoms with Crippen molar-refractivity contribution in [1.29, 1.82) is 5.26 Å². The Morgan fingerprint density at radius 2 is 1.89 bits per heavy atom. The van der Waals surface area contributed by atoms with Gasteiger partial charge < -0.3 is 14.4 Å². The van der Waals surface area contributed by atoms with Crippen LogP contribution in [0.5, 0.6) is 0 Å². The summed E-state index contributed by atoms with van der Waals surface area (Å²) in [5.41, 5.74) is 0.684. The molecule has 0 radical (unpaired) electrons. The number of methoxy groups -OCH3 is 2. The average Bonchev–Trinajstić information content (AvgIpc) is 2.46. The summed E-state index contributed by atoms with van der Waals surface area (Å²) in [6.45, 7) is -0.349. The highest BCUT2D eigenvalue weighted by atomic mass is 16.5. The predicted octanol–water partition coefficient (Wildman–Crippen LogP) is 0.106. The van der Waals surface area contributed by atoms with E-state index in [1.165, 1.54) is 37.6 Å². The van der Waals surface area contributed by atoms with Crippen molar-refractivity contribution in [3.8, 4) is 6.07 Å². The maximum absolute atomic E-state index is 11.3. The Labute approximate surface area is 110 Å². The molecule has 0 saturated carbocycles. The van der Waals surface area contributed by atoms with Gasteiger partial charge in [-0.15, -0.1) is 0 Å². The number of esters is 2. The molecule has 0 aromatic carbocycles. The molecular weight excluding hydrogens is 250 g/mol. The van der Waals surface area contributed by atoms with Crippen LogP contribution in [-0.4, -0.2) is 44.2 Å². The molecule has 1 heterocycles. The van der Waals surface area contributed by atoms with Crippen molar-refractivity contribution >= 4 is 17.6 Å². The third kappa shape index (κ3) is 3.96. The highest BCUT2D eigenvalue weighted by Gasteiger charge is 2.18. The average molecular weight is 263 g/mol. The first-order chi connectivity index (χ1) is 9.12. The third-order valence-electron chi connectivity index (χ3n) is 2.36. The van der Waals surface area contributed by atoms with E-state index in [0.717, 1.165) is 0 Å². The summed E-state index contributed by atoms with van der Waals surface area (Å²) >= 11 is 0. The SMILES string of the molecule is COC(=O)CN(CC(=O)OC)c1cnccc1C#N. The van der Waals surface area contributed by atoms with Crippen molar-refractivity contribution in [2.24, 2.45) is 0 Å². The number of nitrogens with zero attached hydrogens (tertiary/aromatic N) is 3. The van der Waals surface area contributed by atoms with E-state index in [0.29, 0.717) is 11.3 Å². The van der Waals surface area contributed by atoms with Gasteiger partial charge in [0, 0.05) is 6.20 Å². The lowest BCUT2D eigenvalue weighted by Gasteiger charge is -2.22. The molecule has 1 aromatic rings. The molecule has 0 saturated heterocycles. The Hall–Kier alpha value is -2.62. The summed E-state index contributed by atoms with van der Waals surface area (Å²) in [5, 5.41) is 9.01. The molecule has 19 heavy (non-hydrogen) atoms. The van der Waals surface area contributed by atoms with Crippen LogP contribution in [0.4, 0.5) is 5.69 Å². The Kier molecular flexibility index (Phi) is 5.29. The van der Waals surface area contributed by atoms with E-state index in [1.54, 1.807) is 0 Å². The van der Waals surface area contributed by atoms with Gasteiger partial charge in [0.15, 0.2) is 0 Å². The molecule has 7 nitrogen and oxygen atoms in total. The van der Waals surface area contributed by atoms with Crippen molar-refractivity contribution in [3.63, 3.8) is 0 Å². The van der Waals surface area contributed by atoms with Gasteiger partial charge in [0.2, 0.25) is 0 Å². The lowest BCUT2D eigenvalue weighted by atomic mass is 10.2. The maximum Gasteiger partial charge on any atom is 0.325 e. The van der Waals surface area contributed by atoms with Gasteiger partial charge in [-0.2, -0.15) is 5.26 Å². The molecule has 0 aliphatic heterocycles. The van der Waals surface area contributed by atoms with E-state index >= 15 is 0 Å². The smallest absolute Gasteiger partial charge is 0.325 e. The number of rotatable bonds is 5. The van der Waals surface area contributed by atoms with E-state index in [-0.39, 0.29) is 13.1 Å². The zero-order valence-electron chi connectivity index (χ0n) is 10.6. The number of ether oxygens (including phenoxy) is 2. The molecule has 0 unspecified atom stereocenters. The molecule has 0 amide bonds. The molecule has 1 aromatic heterocycles. The molecule has 0 aliphatic carbocycles. The zero-order chi connectivity index (χ0) is 14.3. The molecule has 0 aliphatic rings. The molecular formula is C12H13N3O4. The number of hydrogen-bond acceptors (Lipinski definition) is 7. The minimum Gasteiger partial charge on any atom is -0.468 e. The molecule has 100 valence electrons. The number of pyridine rings is 1. The fourth-order valence-electron chi connectivity index (χ4n) is 1.40. The number of aromatic nitrogens is 1. The minimum absolute atomic E-state index is 0.175. The molecule has 0 N–H and O–H groups in total. The Morgan fingerprint density at radius 1 is 1.32 bits per heavy atom. The molecule has 7 heteroatoms. The van der Waals surface area contributed by atoms with Gasteiger partial charge in [0.05, 0.1) is 31.7 Å². The first kappa shape index (κ1) is 14.4. The van der Waals surface area contributed by atoms with Gasteiger partial charge in [0.1, 0.15) is 19.2 Å². The predicted molar refractivity (Wildman–Crippen MR) is 65.2 cm³/mol. The van der Waals surface area contributed by atoms with Crippen LogP contribution in [-0.2, 0) is 19.1 Å². The van der Waals surface area contributed by atoms with Gasteiger partial charge in [-0.25, -0.2) is 0 Å². The van der Waals surface area contributed by atoms with E-state index in [4.69, 9.17) is 5.26 Å². The fraction of sp³-hybridized carbons (Fsp3) is 0.333. The van der Waals surface area contributed by atoms with Gasteiger partial charge in [0.25, 0.3) is 0 Å². The van der Waals surface area contributed by atoms with Crippen LogP contribution < -0.4 is 4.90 Å². The standard InChI is InChI=1S/C12H13N3O4/c1-18-11(16)7-15(8-12(17)19-2)10-6-14-4-3-9(10)5-13/h3-4,6H,7-8H2,1-2H3. The van der Waals surface area contributed by atoms with Crippen LogP contribution in [0.3, 0.4) is 0 Å². The molecule has 0 spiro atoms. The lowest BCUT2D eigenvalue weighted by molar-refractivity contribution is -0.140. The van der Waals surface area contributed by atoms with Crippen LogP contribution in [0.25, 0.3) is 0 Å². The van der Waals surface area contributed by atoms with Crippen LogP contribution in [0, 0.1) is 11.3 Å². The largest absolute Gasteiger partial charge is 0.468 e. The maximum atomic E-state index is 11.3. The second-order valence-corrected chi connectivity index (χ2v) is 3.51. The van der Waals surface area contributed by atoms with Crippen LogP contribution in [0.1, 0.15) is 5.56 Å². The van der Waals surface area contributed by atoms with E-state index in [2.05, 4.69) is 14.5 Å². The number of hydrogen-bond donors (Lipinski definition) is 0. The van der Waals surface area contributed by atoms with Crippen LogP contribution in [0.15, 0.2) is 18.5 Å². The normalized spacial score (nSPS) is 9.32. The number of carbonyl (C=O) groups excluding carboxylic acids is 2. The first-order valence-electron chi connectivity index (χ1n) is 5.35. The van der Waals surface area contributed by atoms with Crippen LogP contribution in [0.2, 0.25) is 0 Å². The van der Waals surface area contributed by atoms with E-state index in [9.17, 15) is 9.59 Å². The molecule has 0 fully saturated rings. The summed E-state index contributed by atoms with van der Waals surface area (Å²) in [5.74, 6) is -1.06. The van der Waals surface area contributed by atoms with Crippen molar-refractivity contribution in [3.05, 3.63) is 24.0 Å². The van der Waals surface area contributed by atoms with Crippen LogP contribution >= 0.6 is 0 Å². The summed E-state index contributed by atoms with van der Waals surface area (Å²) in [6.07, 6.45) is 2.86. The van der Waals surface area contributed by atoms with Crippen molar-refractivity contribution in [2.75, 3.05) is 32.2 Å². The Balaban J connectivity index is 3.04. The summed E-state index contributed by atoms with van der Waals surface area (Å²) in [4.78, 5) is 28.0. The molecule has 0 bridgehead atoms. The Morgan fingerprint density at radius 3 is 2.37 bits per heavy atom. The highest BCUT2D eigenvalue weighted by molar-refractivity contribution is 5.82. The Bertz CT molecular complexity index is 492. The first-order valence-corrected chi connectivity index (χ1v) is 5.35. The summed E-state index contributed by atoms with van der Waals surface area (Å²) < 4.78 is 9.11. The quantitative estimate of drug-likeness (QED) is 0.696. The van der Waals surface area contributed by atoms with Gasteiger partial charge in [-0.3, -0.25) is 14.6 Å². The highest BCUT2D eigenvalue weighted by Crippen LogP contribution is 2.18. The third-order valence-corrected chi connectivity index (χ3v) is 2.36. The monoisotopic (exact) mass is 263 g/mol. The number of carbonyl (C=O) groups is 2. The summed E-state index contributed by atoms with van der Waals surface area (Å²) in [7, 11) is 2.49. The topological polar surface area (TPSA) is 92.5 Å². The van der Waals surface area contributed by atoms with Gasteiger partial charge >= 0.3 is 11.9 Å². The number of nitriles is 1. The fourth-order valence-corrected chi connectivity index (χ4v) is 1.40. The lowest BCUT2D eigenvalue weighted by Crippen LogP contribution is -2.36. The minimum atomic E-state index is -0.531. The second-order valence-electron chi connectivity index (χ2n) is 3.51. The molecule has 0 atom stereocenters. The van der Waals surface area contributed by atoms with Crippen molar-refractivity contribution in [2.45, 2.75) is 0 Å². The second kappa shape index (κ2) is 6.96.